The number of hydrogen-bond acceptors (Lipinski definition) is 5. The number of benzene rings is 1. The quantitative estimate of drug-likeness (QED) is 0.845. The molecular weight excluding hydrogens is 391 g/mol. The third kappa shape index (κ3) is 3.59. The standard InChI is InChI=1S/C15H13Cl3N4O3/c16-8-1-2-10(9(17)5-8)22-15(24)13(18)11(6-20-22)21-3-4-25-12(7-21)14(19)23/h1-2,5-6,12H,3-4,7H2,(H2,19,23). The van der Waals surface area contributed by atoms with Crippen molar-refractivity contribution in [3.05, 3.63) is 49.8 Å². The Kier molecular flexibility index (Phi) is 5.19. The molecule has 0 bridgehead atoms. The molecule has 1 unspecified atom stereocenters. The van der Waals surface area contributed by atoms with Crippen LogP contribution in [-0.2, 0) is 9.53 Å². The number of nitrogens with zero attached hydrogens (tertiary/aromatic N) is 3. The molecule has 7 nitrogen and oxygen atoms in total. The Morgan fingerprint density at radius 1 is 1.28 bits per heavy atom. The first-order valence-corrected chi connectivity index (χ1v) is 8.41. The summed E-state index contributed by atoms with van der Waals surface area (Å²) in [6.07, 6.45) is 0.677. The van der Waals surface area contributed by atoms with Gasteiger partial charge in [0.2, 0.25) is 5.91 Å². The molecule has 0 radical (unpaired) electrons. The number of carbonyl (C=O) groups excluding carboxylic acids is 1. The fourth-order valence-corrected chi connectivity index (χ4v) is 3.25. The average Bonchev–Trinajstić information content (AvgIpc) is 2.58. The van der Waals surface area contributed by atoms with Crippen molar-refractivity contribution in [2.75, 3.05) is 24.6 Å². The summed E-state index contributed by atoms with van der Waals surface area (Å²) in [6, 6.07) is 4.68. The van der Waals surface area contributed by atoms with Crippen LogP contribution in [0.3, 0.4) is 0 Å². The van der Waals surface area contributed by atoms with Crippen LogP contribution < -0.4 is 16.2 Å². The van der Waals surface area contributed by atoms with Crippen LogP contribution in [-0.4, -0.2) is 41.5 Å². The number of rotatable bonds is 3. The summed E-state index contributed by atoms with van der Waals surface area (Å²) in [5, 5.41) is 4.81. The van der Waals surface area contributed by atoms with Crippen molar-refractivity contribution in [2.45, 2.75) is 6.10 Å². The Morgan fingerprint density at radius 2 is 2.04 bits per heavy atom. The van der Waals surface area contributed by atoms with Crippen LogP contribution >= 0.6 is 34.8 Å². The molecule has 1 amide bonds. The summed E-state index contributed by atoms with van der Waals surface area (Å²) in [5.74, 6) is -0.574. The van der Waals surface area contributed by atoms with Gasteiger partial charge in [0, 0.05) is 11.6 Å². The summed E-state index contributed by atoms with van der Waals surface area (Å²) >= 11 is 18.2. The molecule has 10 heteroatoms. The zero-order valence-electron chi connectivity index (χ0n) is 12.8. The van der Waals surface area contributed by atoms with E-state index in [-0.39, 0.29) is 23.2 Å². The molecule has 0 saturated carbocycles. The lowest BCUT2D eigenvalue weighted by molar-refractivity contribution is -0.130. The number of amides is 1. The minimum atomic E-state index is -0.766. The Bertz CT molecular complexity index is 887. The monoisotopic (exact) mass is 402 g/mol. The van der Waals surface area contributed by atoms with E-state index in [0.717, 1.165) is 4.68 Å². The lowest BCUT2D eigenvalue weighted by Crippen LogP contribution is -2.49. The number of halogens is 3. The fourth-order valence-electron chi connectivity index (χ4n) is 2.51. The number of anilines is 1. The van der Waals surface area contributed by atoms with Crippen LogP contribution in [0.2, 0.25) is 15.1 Å². The number of morpholine rings is 1. The molecule has 2 heterocycles. The first-order valence-electron chi connectivity index (χ1n) is 7.27. The van der Waals surface area contributed by atoms with Gasteiger partial charge >= 0.3 is 0 Å². The fraction of sp³-hybridized carbons (Fsp3) is 0.267. The van der Waals surface area contributed by atoms with Crippen molar-refractivity contribution in [3.8, 4) is 5.69 Å². The lowest BCUT2D eigenvalue weighted by atomic mass is 10.2. The molecule has 1 atom stereocenters. The molecule has 3 rings (SSSR count). The van der Waals surface area contributed by atoms with Gasteiger partial charge in [0.25, 0.3) is 5.56 Å². The molecule has 1 aliphatic rings. The predicted molar refractivity (Wildman–Crippen MR) is 96.0 cm³/mol. The van der Waals surface area contributed by atoms with E-state index < -0.39 is 17.6 Å². The molecule has 132 valence electrons. The minimum absolute atomic E-state index is 0.0360. The topological polar surface area (TPSA) is 90.5 Å². The maximum absolute atomic E-state index is 12.6. The molecule has 1 fully saturated rings. The highest BCUT2D eigenvalue weighted by molar-refractivity contribution is 6.36. The second-order valence-corrected chi connectivity index (χ2v) is 6.59. The summed E-state index contributed by atoms with van der Waals surface area (Å²) < 4.78 is 6.38. The third-order valence-corrected chi connectivity index (χ3v) is 4.66. The molecule has 1 aromatic carbocycles. The molecular formula is C15H13Cl3N4O3. The molecule has 1 saturated heterocycles. The Hall–Kier alpha value is -1.80. The zero-order valence-corrected chi connectivity index (χ0v) is 15.1. The van der Waals surface area contributed by atoms with Crippen molar-refractivity contribution in [1.82, 2.24) is 9.78 Å². The van der Waals surface area contributed by atoms with Crippen molar-refractivity contribution in [3.63, 3.8) is 0 Å². The van der Waals surface area contributed by atoms with Crippen molar-refractivity contribution in [2.24, 2.45) is 5.73 Å². The normalized spacial score (nSPS) is 17.6. The Labute approximate surface area is 157 Å². The van der Waals surface area contributed by atoms with Crippen molar-refractivity contribution >= 4 is 46.4 Å². The molecule has 2 N–H and O–H groups in total. The largest absolute Gasteiger partial charge is 0.367 e. The van der Waals surface area contributed by atoms with Crippen LogP contribution in [0.25, 0.3) is 5.69 Å². The van der Waals surface area contributed by atoms with E-state index in [9.17, 15) is 9.59 Å². The molecule has 2 aromatic rings. The summed E-state index contributed by atoms with van der Waals surface area (Å²) in [7, 11) is 0. The highest BCUT2D eigenvalue weighted by Gasteiger charge is 2.27. The van der Waals surface area contributed by atoms with Crippen LogP contribution in [0, 0.1) is 0 Å². The lowest BCUT2D eigenvalue weighted by Gasteiger charge is -2.33. The van der Waals surface area contributed by atoms with Crippen LogP contribution in [0.5, 0.6) is 0 Å². The number of nitrogens with two attached hydrogens (primary N) is 1. The number of primary amides is 1. The number of hydrogen-bond donors (Lipinski definition) is 1. The molecule has 25 heavy (non-hydrogen) atoms. The summed E-state index contributed by atoms with van der Waals surface area (Å²) in [4.78, 5) is 25.7. The first kappa shape index (κ1) is 18.0. The average molecular weight is 404 g/mol. The summed E-state index contributed by atoms with van der Waals surface area (Å²) in [5.41, 5.74) is 5.50. The second kappa shape index (κ2) is 7.21. The van der Waals surface area contributed by atoms with Crippen LogP contribution in [0.15, 0.2) is 29.2 Å². The zero-order chi connectivity index (χ0) is 18.1. The first-order chi connectivity index (χ1) is 11.9. The van der Waals surface area contributed by atoms with Gasteiger partial charge in [0.1, 0.15) is 5.02 Å². The SMILES string of the molecule is NC(=O)C1CN(c2cnn(-c3ccc(Cl)cc3Cl)c(=O)c2Cl)CCO1. The maximum Gasteiger partial charge on any atom is 0.292 e. The maximum atomic E-state index is 12.6. The van der Waals surface area contributed by atoms with E-state index in [1.807, 2.05) is 0 Å². The number of aromatic nitrogens is 2. The highest BCUT2D eigenvalue weighted by Crippen LogP contribution is 2.26. The second-order valence-electron chi connectivity index (χ2n) is 5.36. The van der Waals surface area contributed by atoms with Gasteiger partial charge in [-0.2, -0.15) is 9.78 Å². The van der Waals surface area contributed by atoms with Gasteiger partial charge < -0.3 is 15.4 Å². The van der Waals surface area contributed by atoms with E-state index in [1.165, 1.54) is 12.3 Å². The molecule has 0 aliphatic carbocycles. The summed E-state index contributed by atoms with van der Waals surface area (Å²) in [6.45, 7) is 0.939. The van der Waals surface area contributed by atoms with Gasteiger partial charge in [-0.3, -0.25) is 9.59 Å². The Morgan fingerprint density at radius 3 is 2.72 bits per heavy atom. The van der Waals surface area contributed by atoms with Gasteiger partial charge in [0.05, 0.1) is 35.7 Å². The van der Waals surface area contributed by atoms with E-state index in [1.54, 1.807) is 17.0 Å². The van der Waals surface area contributed by atoms with Crippen LogP contribution in [0.1, 0.15) is 0 Å². The molecule has 0 spiro atoms. The number of ether oxygens (including phenoxy) is 1. The van der Waals surface area contributed by atoms with Crippen LogP contribution in [0.4, 0.5) is 5.69 Å². The van der Waals surface area contributed by atoms with E-state index in [0.29, 0.717) is 22.9 Å². The smallest absolute Gasteiger partial charge is 0.292 e. The van der Waals surface area contributed by atoms with E-state index in [4.69, 9.17) is 45.3 Å². The van der Waals surface area contributed by atoms with E-state index >= 15 is 0 Å². The van der Waals surface area contributed by atoms with Crippen molar-refractivity contribution < 1.29 is 9.53 Å². The molecule has 1 aromatic heterocycles. The molecule has 1 aliphatic heterocycles. The van der Waals surface area contributed by atoms with Gasteiger partial charge in [-0.25, -0.2) is 0 Å². The van der Waals surface area contributed by atoms with Gasteiger partial charge in [-0.15, -0.1) is 0 Å². The highest BCUT2D eigenvalue weighted by atomic mass is 35.5. The van der Waals surface area contributed by atoms with Gasteiger partial charge in [-0.1, -0.05) is 34.8 Å². The third-order valence-electron chi connectivity index (χ3n) is 3.76. The van der Waals surface area contributed by atoms with Crippen molar-refractivity contribution in [1.29, 1.82) is 0 Å². The Balaban J connectivity index is 1.98. The minimum Gasteiger partial charge on any atom is -0.367 e. The number of carbonyl (C=O) groups is 1. The van der Waals surface area contributed by atoms with Gasteiger partial charge in [0.15, 0.2) is 6.10 Å². The van der Waals surface area contributed by atoms with Gasteiger partial charge in [-0.05, 0) is 18.2 Å². The predicted octanol–water partition coefficient (Wildman–Crippen LogP) is 1.88. The van der Waals surface area contributed by atoms with E-state index in [2.05, 4.69) is 5.10 Å².